The number of aryl methyl sites for hydroxylation is 2. The lowest BCUT2D eigenvalue weighted by molar-refractivity contribution is -0.148. The van der Waals surface area contributed by atoms with Crippen molar-refractivity contribution >= 4 is 5.97 Å². The maximum absolute atomic E-state index is 11.0. The molecule has 1 aromatic carbocycles. The predicted molar refractivity (Wildman–Crippen MR) is 96.0 cm³/mol. The lowest BCUT2D eigenvalue weighted by atomic mass is 10.1. The zero-order chi connectivity index (χ0) is 18.1. The molecule has 0 amide bonds. The molecule has 0 aliphatic rings. The third-order valence-electron chi connectivity index (χ3n) is 4.02. The molecule has 1 N–H and O–H groups in total. The summed E-state index contributed by atoms with van der Waals surface area (Å²) < 4.78 is 10.7. The van der Waals surface area contributed by atoms with E-state index in [1.807, 2.05) is 30.5 Å². The average molecular weight is 343 g/mol. The van der Waals surface area contributed by atoms with E-state index in [0.29, 0.717) is 13.0 Å². The second-order valence-corrected chi connectivity index (χ2v) is 5.88. The first-order valence-corrected chi connectivity index (χ1v) is 8.53. The zero-order valence-corrected chi connectivity index (χ0v) is 14.8. The molecule has 5 heteroatoms. The minimum atomic E-state index is -0.963. The van der Waals surface area contributed by atoms with Gasteiger partial charge in [0, 0.05) is 25.4 Å². The molecule has 0 aliphatic heterocycles. The first-order valence-electron chi connectivity index (χ1n) is 8.53. The Bertz CT molecular complexity index is 670. The number of methoxy groups -OCH3 is 1. The van der Waals surface area contributed by atoms with Gasteiger partial charge in [-0.2, -0.15) is 0 Å². The number of benzene rings is 1. The van der Waals surface area contributed by atoms with Crippen LogP contribution in [-0.2, 0) is 28.8 Å². The standard InChI is InChI=1S/C20H25NO4/c1-3-15-9-10-17(21-14-15)7-5-11-25-18-8-4-6-16(12-18)13-19(24-2)20(22)23/h4,6,8-10,12,14,19H,3,5,7,11,13H2,1-2H3,(H,22,23). The minimum Gasteiger partial charge on any atom is -0.494 e. The fraction of sp³-hybridized carbons (Fsp3) is 0.400. The molecule has 0 fully saturated rings. The number of aliphatic carboxylic acids is 1. The van der Waals surface area contributed by atoms with Crippen LogP contribution in [0.5, 0.6) is 5.75 Å². The molecular formula is C20H25NO4. The number of carbonyl (C=O) groups is 1. The fourth-order valence-corrected chi connectivity index (χ4v) is 2.50. The number of hydrogen-bond acceptors (Lipinski definition) is 4. The molecule has 25 heavy (non-hydrogen) atoms. The highest BCUT2D eigenvalue weighted by atomic mass is 16.5. The predicted octanol–water partition coefficient (Wildman–Crippen LogP) is 3.30. The van der Waals surface area contributed by atoms with Gasteiger partial charge < -0.3 is 14.6 Å². The van der Waals surface area contributed by atoms with Gasteiger partial charge in [0.05, 0.1) is 6.61 Å². The molecule has 0 aliphatic carbocycles. The van der Waals surface area contributed by atoms with Crippen LogP contribution in [-0.4, -0.2) is 35.9 Å². The number of nitrogens with zero attached hydrogens (tertiary/aromatic N) is 1. The summed E-state index contributed by atoms with van der Waals surface area (Å²) in [6.45, 7) is 2.71. The van der Waals surface area contributed by atoms with Crippen LogP contribution in [0, 0.1) is 0 Å². The van der Waals surface area contributed by atoms with Crippen LogP contribution in [0.4, 0.5) is 0 Å². The number of hydrogen-bond donors (Lipinski definition) is 1. The lowest BCUT2D eigenvalue weighted by Crippen LogP contribution is -2.24. The molecule has 0 spiro atoms. The summed E-state index contributed by atoms with van der Waals surface area (Å²) in [5.74, 6) is -0.220. The van der Waals surface area contributed by atoms with Gasteiger partial charge in [-0.05, 0) is 48.6 Å². The van der Waals surface area contributed by atoms with Gasteiger partial charge in [0.1, 0.15) is 5.75 Å². The van der Waals surface area contributed by atoms with E-state index in [4.69, 9.17) is 14.6 Å². The molecule has 2 aromatic rings. The van der Waals surface area contributed by atoms with Crippen LogP contribution < -0.4 is 4.74 Å². The van der Waals surface area contributed by atoms with E-state index in [-0.39, 0.29) is 0 Å². The molecular weight excluding hydrogens is 318 g/mol. The van der Waals surface area contributed by atoms with E-state index in [2.05, 4.69) is 24.0 Å². The third kappa shape index (κ3) is 6.19. The van der Waals surface area contributed by atoms with E-state index >= 15 is 0 Å². The van der Waals surface area contributed by atoms with Gasteiger partial charge in [-0.3, -0.25) is 4.98 Å². The number of carboxylic acid groups (broad SMARTS) is 1. The second-order valence-electron chi connectivity index (χ2n) is 5.88. The first-order chi connectivity index (χ1) is 12.1. The minimum absolute atomic E-state index is 0.316. The Morgan fingerprint density at radius 1 is 1.24 bits per heavy atom. The topological polar surface area (TPSA) is 68.7 Å². The Kier molecular flexibility index (Phi) is 7.41. The van der Waals surface area contributed by atoms with Crippen molar-refractivity contribution < 1.29 is 19.4 Å². The smallest absolute Gasteiger partial charge is 0.333 e. The quantitative estimate of drug-likeness (QED) is 0.670. The van der Waals surface area contributed by atoms with Crippen LogP contribution in [0.2, 0.25) is 0 Å². The average Bonchev–Trinajstić information content (AvgIpc) is 2.64. The molecule has 0 bridgehead atoms. The highest BCUT2D eigenvalue weighted by Gasteiger charge is 2.16. The molecule has 1 aromatic heterocycles. The van der Waals surface area contributed by atoms with Crippen LogP contribution in [0.25, 0.3) is 0 Å². The Hall–Kier alpha value is -2.40. The van der Waals surface area contributed by atoms with Crippen molar-refractivity contribution in [2.24, 2.45) is 0 Å². The third-order valence-corrected chi connectivity index (χ3v) is 4.02. The maximum atomic E-state index is 11.0. The van der Waals surface area contributed by atoms with Gasteiger partial charge in [0.2, 0.25) is 0 Å². The number of aromatic nitrogens is 1. The van der Waals surface area contributed by atoms with Gasteiger partial charge in [0.15, 0.2) is 6.10 Å². The Labute approximate surface area is 148 Å². The molecule has 0 saturated heterocycles. The summed E-state index contributed by atoms with van der Waals surface area (Å²) >= 11 is 0. The van der Waals surface area contributed by atoms with Gasteiger partial charge in [-0.1, -0.05) is 25.1 Å². The number of ether oxygens (including phenoxy) is 2. The molecule has 0 radical (unpaired) electrons. The Morgan fingerprint density at radius 2 is 2.08 bits per heavy atom. The van der Waals surface area contributed by atoms with Crippen molar-refractivity contribution in [1.82, 2.24) is 4.98 Å². The van der Waals surface area contributed by atoms with Crippen molar-refractivity contribution in [3.63, 3.8) is 0 Å². The zero-order valence-electron chi connectivity index (χ0n) is 14.8. The molecule has 2 rings (SSSR count). The van der Waals surface area contributed by atoms with Crippen LogP contribution in [0.3, 0.4) is 0 Å². The Morgan fingerprint density at radius 3 is 2.72 bits per heavy atom. The molecule has 0 saturated carbocycles. The monoisotopic (exact) mass is 343 g/mol. The summed E-state index contributed by atoms with van der Waals surface area (Å²) in [5.41, 5.74) is 3.19. The Balaban J connectivity index is 1.80. The van der Waals surface area contributed by atoms with Crippen molar-refractivity contribution in [2.45, 2.75) is 38.7 Å². The summed E-state index contributed by atoms with van der Waals surface area (Å²) in [4.78, 5) is 15.5. The van der Waals surface area contributed by atoms with E-state index in [9.17, 15) is 4.79 Å². The van der Waals surface area contributed by atoms with E-state index < -0.39 is 12.1 Å². The van der Waals surface area contributed by atoms with Crippen LogP contribution >= 0.6 is 0 Å². The van der Waals surface area contributed by atoms with Crippen LogP contribution in [0.1, 0.15) is 30.2 Å². The summed E-state index contributed by atoms with van der Waals surface area (Å²) in [6, 6.07) is 11.7. The van der Waals surface area contributed by atoms with Gasteiger partial charge in [0.25, 0.3) is 0 Å². The van der Waals surface area contributed by atoms with Crippen molar-refractivity contribution in [3.05, 3.63) is 59.4 Å². The normalized spacial score (nSPS) is 11.9. The van der Waals surface area contributed by atoms with Gasteiger partial charge in [-0.25, -0.2) is 4.79 Å². The van der Waals surface area contributed by atoms with E-state index in [1.165, 1.54) is 12.7 Å². The van der Waals surface area contributed by atoms with Gasteiger partial charge >= 0.3 is 5.97 Å². The summed E-state index contributed by atoms with van der Waals surface area (Å²) in [6.07, 6.45) is 4.14. The van der Waals surface area contributed by atoms with Crippen molar-refractivity contribution in [1.29, 1.82) is 0 Å². The second kappa shape index (κ2) is 9.79. The molecule has 1 atom stereocenters. The van der Waals surface area contributed by atoms with Crippen molar-refractivity contribution in [3.8, 4) is 5.75 Å². The summed E-state index contributed by atoms with van der Waals surface area (Å²) in [5, 5.41) is 9.06. The number of pyridine rings is 1. The maximum Gasteiger partial charge on any atom is 0.333 e. The molecule has 5 nitrogen and oxygen atoms in total. The van der Waals surface area contributed by atoms with Gasteiger partial charge in [-0.15, -0.1) is 0 Å². The molecule has 1 unspecified atom stereocenters. The van der Waals surface area contributed by atoms with E-state index in [0.717, 1.165) is 36.3 Å². The highest BCUT2D eigenvalue weighted by molar-refractivity contribution is 5.72. The van der Waals surface area contributed by atoms with E-state index in [1.54, 1.807) is 0 Å². The SMILES string of the molecule is CCc1ccc(CCCOc2cccc(CC(OC)C(=O)O)c2)nc1. The molecule has 134 valence electrons. The number of carboxylic acids is 1. The largest absolute Gasteiger partial charge is 0.494 e. The summed E-state index contributed by atoms with van der Waals surface area (Å²) in [7, 11) is 1.40. The molecule has 1 heterocycles. The lowest BCUT2D eigenvalue weighted by Gasteiger charge is -2.12. The first kappa shape index (κ1) is 18.9. The van der Waals surface area contributed by atoms with Crippen molar-refractivity contribution in [2.75, 3.05) is 13.7 Å². The van der Waals surface area contributed by atoms with Crippen LogP contribution in [0.15, 0.2) is 42.6 Å². The number of rotatable bonds is 10. The fourth-order valence-electron chi connectivity index (χ4n) is 2.50. The highest BCUT2D eigenvalue weighted by Crippen LogP contribution is 2.16.